The molecule has 2 saturated carbocycles. The molecule has 2 bridgehead atoms. The van der Waals surface area contributed by atoms with Crippen LogP contribution in [0.25, 0.3) is 0 Å². The number of allylic oxidation sites excluding steroid dienone is 2. The van der Waals surface area contributed by atoms with Gasteiger partial charge in [0.05, 0.1) is 17.9 Å². The second-order valence-corrected chi connectivity index (χ2v) is 7.28. The SMILES string of the molecule is CC(C)=C1[C@H]2CC[C@H]1[C@@H](C(=O)N[C@@H](C)c1ccccc1)[C@@H]2C(=O)O. The molecule has 0 unspecified atom stereocenters. The van der Waals surface area contributed by atoms with Crippen LogP contribution in [0.5, 0.6) is 0 Å². The minimum Gasteiger partial charge on any atom is -0.481 e. The topological polar surface area (TPSA) is 66.4 Å². The highest BCUT2D eigenvalue weighted by Crippen LogP contribution is 2.57. The molecule has 0 heterocycles. The van der Waals surface area contributed by atoms with Crippen molar-refractivity contribution < 1.29 is 14.7 Å². The number of carbonyl (C=O) groups excluding carboxylic acids is 1. The molecule has 3 rings (SSSR count). The van der Waals surface area contributed by atoms with Gasteiger partial charge in [-0.3, -0.25) is 9.59 Å². The summed E-state index contributed by atoms with van der Waals surface area (Å²) in [7, 11) is 0. The zero-order valence-corrected chi connectivity index (χ0v) is 14.5. The Morgan fingerprint density at radius 3 is 2.21 bits per heavy atom. The van der Waals surface area contributed by atoms with Gasteiger partial charge < -0.3 is 10.4 Å². The number of rotatable bonds is 4. The van der Waals surface area contributed by atoms with Crippen LogP contribution >= 0.6 is 0 Å². The molecule has 2 N–H and O–H groups in total. The lowest BCUT2D eigenvalue weighted by Gasteiger charge is -2.28. The Morgan fingerprint density at radius 2 is 1.67 bits per heavy atom. The summed E-state index contributed by atoms with van der Waals surface area (Å²) in [6.45, 7) is 6.01. The van der Waals surface area contributed by atoms with Gasteiger partial charge in [0.25, 0.3) is 0 Å². The Hall–Kier alpha value is -2.10. The van der Waals surface area contributed by atoms with Crippen molar-refractivity contribution in [2.24, 2.45) is 23.7 Å². The van der Waals surface area contributed by atoms with E-state index >= 15 is 0 Å². The number of amides is 1. The second-order valence-electron chi connectivity index (χ2n) is 7.28. The van der Waals surface area contributed by atoms with Crippen LogP contribution < -0.4 is 5.32 Å². The van der Waals surface area contributed by atoms with E-state index in [1.54, 1.807) is 0 Å². The summed E-state index contributed by atoms with van der Waals surface area (Å²) >= 11 is 0. The van der Waals surface area contributed by atoms with Gasteiger partial charge in [-0.25, -0.2) is 0 Å². The van der Waals surface area contributed by atoms with E-state index in [1.165, 1.54) is 11.1 Å². The van der Waals surface area contributed by atoms with Gasteiger partial charge in [0.15, 0.2) is 0 Å². The average molecular weight is 327 g/mol. The van der Waals surface area contributed by atoms with Gasteiger partial charge in [0.2, 0.25) is 5.91 Å². The fourth-order valence-electron chi connectivity index (χ4n) is 4.74. The molecule has 4 nitrogen and oxygen atoms in total. The summed E-state index contributed by atoms with van der Waals surface area (Å²) in [6, 6.07) is 9.65. The fraction of sp³-hybridized carbons (Fsp3) is 0.500. The van der Waals surface area contributed by atoms with E-state index in [-0.39, 0.29) is 23.8 Å². The third-order valence-corrected chi connectivity index (χ3v) is 5.67. The highest BCUT2D eigenvalue weighted by Gasteiger charge is 2.57. The predicted octanol–water partition coefficient (Wildman–Crippen LogP) is 3.56. The number of aliphatic carboxylic acids is 1. The molecule has 2 aliphatic rings. The first kappa shape index (κ1) is 16.7. The van der Waals surface area contributed by atoms with Crippen LogP contribution in [-0.4, -0.2) is 17.0 Å². The largest absolute Gasteiger partial charge is 0.481 e. The molecule has 0 aliphatic heterocycles. The van der Waals surface area contributed by atoms with Crippen molar-refractivity contribution in [3.63, 3.8) is 0 Å². The van der Waals surface area contributed by atoms with Crippen molar-refractivity contribution in [3.8, 4) is 0 Å². The van der Waals surface area contributed by atoms with Gasteiger partial charge in [-0.05, 0) is 51.0 Å². The van der Waals surface area contributed by atoms with Crippen LogP contribution in [0.3, 0.4) is 0 Å². The Balaban J connectivity index is 1.83. The lowest BCUT2D eigenvalue weighted by atomic mass is 9.78. The number of hydrogen-bond acceptors (Lipinski definition) is 2. The number of carbonyl (C=O) groups is 2. The molecule has 24 heavy (non-hydrogen) atoms. The van der Waals surface area contributed by atoms with E-state index in [4.69, 9.17) is 0 Å². The lowest BCUT2D eigenvalue weighted by Crippen LogP contribution is -2.42. The van der Waals surface area contributed by atoms with Crippen LogP contribution in [0, 0.1) is 23.7 Å². The minimum absolute atomic E-state index is 0.0280. The highest BCUT2D eigenvalue weighted by atomic mass is 16.4. The van der Waals surface area contributed by atoms with E-state index in [0.717, 1.165) is 18.4 Å². The van der Waals surface area contributed by atoms with E-state index in [0.29, 0.717) is 0 Å². The molecule has 128 valence electrons. The maximum atomic E-state index is 12.9. The van der Waals surface area contributed by atoms with Gasteiger partial charge >= 0.3 is 5.97 Å². The average Bonchev–Trinajstić information content (AvgIpc) is 3.11. The van der Waals surface area contributed by atoms with Crippen molar-refractivity contribution in [2.45, 2.75) is 39.7 Å². The van der Waals surface area contributed by atoms with Crippen LogP contribution in [-0.2, 0) is 9.59 Å². The highest BCUT2D eigenvalue weighted by molar-refractivity contribution is 5.87. The Kier molecular flexibility index (Phi) is 4.48. The molecule has 4 heteroatoms. The first-order chi connectivity index (χ1) is 11.4. The van der Waals surface area contributed by atoms with Crippen LogP contribution in [0.15, 0.2) is 41.5 Å². The van der Waals surface area contributed by atoms with Crippen molar-refractivity contribution in [1.82, 2.24) is 5.32 Å². The third-order valence-electron chi connectivity index (χ3n) is 5.67. The van der Waals surface area contributed by atoms with Crippen LogP contribution in [0.2, 0.25) is 0 Å². The van der Waals surface area contributed by atoms with Crippen molar-refractivity contribution in [2.75, 3.05) is 0 Å². The summed E-state index contributed by atoms with van der Waals surface area (Å²) in [5.41, 5.74) is 3.43. The molecular formula is C20H25NO3. The summed E-state index contributed by atoms with van der Waals surface area (Å²) in [5, 5.41) is 12.7. The standard InChI is InChI=1S/C20H25NO3/c1-11(2)16-14-9-10-15(16)18(20(23)24)17(14)19(22)21-12(3)13-7-5-4-6-8-13/h4-8,12,14-15,17-18H,9-10H2,1-3H3,(H,21,22)(H,23,24)/t12-,14+,15+,17+,18+/m0/s1. The van der Waals surface area contributed by atoms with E-state index in [1.807, 2.05) is 51.1 Å². The maximum Gasteiger partial charge on any atom is 0.307 e. The quantitative estimate of drug-likeness (QED) is 0.831. The van der Waals surface area contributed by atoms with Crippen molar-refractivity contribution >= 4 is 11.9 Å². The minimum atomic E-state index is -0.839. The Bertz CT molecular complexity index is 675. The summed E-state index contributed by atoms with van der Waals surface area (Å²) in [6.07, 6.45) is 1.81. The molecule has 0 aromatic heterocycles. The summed E-state index contributed by atoms with van der Waals surface area (Å²) in [4.78, 5) is 24.7. The van der Waals surface area contributed by atoms with Gasteiger partial charge in [0.1, 0.15) is 0 Å². The molecule has 0 saturated heterocycles. The number of hydrogen-bond donors (Lipinski definition) is 2. The molecule has 1 amide bonds. The molecule has 0 spiro atoms. The van der Waals surface area contributed by atoms with Gasteiger partial charge in [0, 0.05) is 0 Å². The summed E-state index contributed by atoms with van der Waals surface area (Å²) < 4.78 is 0. The maximum absolute atomic E-state index is 12.9. The van der Waals surface area contributed by atoms with Crippen molar-refractivity contribution in [1.29, 1.82) is 0 Å². The van der Waals surface area contributed by atoms with Crippen molar-refractivity contribution in [3.05, 3.63) is 47.0 Å². The number of nitrogens with one attached hydrogen (secondary N) is 1. The molecule has 5 atom stereocenters. The monoisotopic (exact) mass is 327 g/mol. The molecular weight excluding hydrogens is 302 g/mol. The first-order valence-corrected chi connectivity index (χ1v) is 8.67. The molecule has 2 fully saturated rings. The number of carboxylic acids is 1. The molecule has 0 radical (unpaired) electrons. The zero-order chi connectivity index (χ0) is 17.4. The van der Waals surface area contributed by atoms with Gasteiger partial charge in [-0.15, -0.1) is 0 Å². The van der Waals surface area contributed by atoms with Gasteiger partial charge in [-0.2, -0.15) is 0 Å². The van der Waals surface area contributed by atoms with E-state index in [9.17, 15) is 14.7 Å². The number of benzene rings is 1. The van der Waals surface area contributed by atoms with E-state index in [2.05, 4.69) is 5.32 Å². The number of fused-ring (bicyclic) bond motifs is 2. The van der Waals surface area contributed by atoms with Gasteiger partial charge in [-0.1, -0.05) is 41.5 Å². The van der Waals surface area contributed by atoms with Crippen LogP contribution in [0.1, 0.15) is 45.2 Å². The Morgan fingerprint density at radius 1 is 1.08 bits per heavy atom. The zero-order valence-electron chi connectivity index (χ0n) is 14.5. The molecule has 2 aliphatic carbocycles. The second kappa shape index (κ2) is 6.42. The molecule has 1 aromatic carbocycles. The van der Waals surface area contributed by atoms with Crippen LogP contribution in [0.4, 0.5) is 0 Å². The first-order valence-electron chi connectivity index (χ1n) is 8.67. The predicted molar refractivity (Wildman–Crippen MR) is 92.2 cm³/mol. The fourth-order valence-corrected chi connectivity index (χ4v) is 4.74. The Labute approximate surface area is 143 Å². The smallest absolute Gasteiger partial charge is 0.307 e. The summed E-state index contributed by atoms with van der Waals surface area (Å²) in [5.74, 6) is -1.88. The normalized spacial score (nSPS) is 29.4. The number of carboxylic acid groups (broad SMARTS) is 1. The van der Waals surface area contributed by atoms with E-state index < -0.39 is 17.8 Å². The third kappa shape index (κ3) is 2.74. The molecule has 1 aromatic rings. The lowest BCUT2D eigenvalue weighted by molar-refractivity contribution is -0.149.